The highest BCUT2D eigenvalue weighted by molar-refractivity contribution is 6.39. The Balaban J connectivity index is 1.44. The molecule has 1 amide bonds. The van der Waals surface area contributed by atoms with Gasteiger partial charge in [0.2, 0.25) is 0 Å². The van der Waals surface area contributed by atoms with E-state index in [2.05, 4.69) is 4.90 Å². The third-order valence-corrected chi connectivity index (χ3v) is 6.30. The van der Waals surface area contributed by atoms with Crippen molar-refractivity contribution in [2.45, 2.75) is 0 Å². The number of hydrogen-bond donors (Lipinski definition) is 0. The predicted molar refractivity (Wildman–Crippen MR) is 125 cm³/mol. The zero-order valence-corrected chi connectivity index (χ0v) is 18.0. The molecule has 0 bridgehead atoms. The van der Waals surface area contributed by atoms with Gasteiger partial charge >= 0.3 is 5.63 Å². The molecule has 1 saturated heterocycles. The zero-order valence-electron chi connectivity index (χ0n) is 16.5. The van der Waals surface area contributed by atoms with E-state index in [1.54, 1.807) is 35.2 Å². The number of benzene rings is 3. The van der Waals surface area contributed by atoms with E-state index < -0.39 is 5.63 Å². The monoisotopic (exact) mass is 452 g/mol. The van der Waals surface area contributed by atoms with Crippen molar-refractivity contribution in [1.82, 2.24) is 4.90 Å². The van der Waals surface area contributed by atoms with Crippen LogP contribution in [0.1, 0.15) is 10.4 Å². The van der Waals surface area contributed by atoms with Crippen LogP contribution in [0.15, 0.2) is 69.9 Å². The molecular formula is C24H18Cl2N2O3. The van der Waals surface area contributed by atoms with Gasteiger partial charge in [0.1, 0.15) is 11.1 Å². The van der Waals surface area contributed by atoms with Crippen LogP contribution < -0.4 is 10.5 Å². The van der Waals surface area contributed by atoms with Crippen LogP contribution in [-0.2, 0) is 0 Å². The highest BCUT2D eigenvalue weighted by Gasteiger charge is 2.26. The average Bonchev–Trinajstić information content (AvgIpc) is 2.78. The molecule has 0 radical (unpaired) electrons. The van der Waals surface area contributed by atoms with Gasteiger partial charge in [-0.05, 0) is 35.0 Å². The normalized spacial score (nSPS) is 14.4. The maximum Gasteiger partial charge on any atom is 0.349 e. The Labute approximate surface area is 188 Å². The van der Waals surface area contributed by atoms with Crippen LogP contribution in [0.3, 0.4) is 0 Å². The van der Waals surface area contributed by atoms with Crippen LogP contribution in [0.2, 0.25) is 10.0 Å². The molecule has 0 aliphatic carbocycles. The minimum Gasteiger partial charge on any atom is -0.422 e. The minimum absolute atomic E-state index is 0.0491. The molecule has 2 heterocycles. The second-order valence-electron chi connectivity index (χ2n) is 7.50. The van der Waals surface area contributed by atoms with Crippen molar-refractivity contribution in [3.05, 3.63) is 86.7 Å². The van der Waals surface area contributed by atoms with Crippen molar-refractivity contribution in [3.63, 3.8) is 0 Å². The summed E-state index contributed by atoms with van der Waals surface area (Å²) in [6, 6.07) is 18.5. The van der Waals surface area contributed by atoms with Crippen molar-refractivity contribution in [2.75, 3.05) is 31.1 Å². The smallest absolute Gasteiger partial charge is 0.349 e. The Morgan fingerprint density at radius 2 is 1.55 bits per heavy atom. The van der Waals surface area contributed by atoms with Gasteiger partial charge in [0, 0.05) is 31.6 Å². The molecular weight excluding hydrogens is 435 g/mol. The van der Waals surface area contributed by atoms with Crippen molar-refractivity contribution in [2.24, 2.45) is 0 Å². The summed E-state index contributed by atoms with van der Waals surface area (Å²) in [6.07, 6.45) is 0. The second-order valence-corrected chi connectivity index (χ2v) is 8.31. The van der Waals surface area contributed by atoms with Gasteiger partial charge in [0.15, 0.2) is 0 Å². The lowest BCUT2D eigenvalue weighted by atomic mass is 10.0. The molecule has 3 aromatic carbocycles. The Kier molecular flexibility index (Phi) is 5.08. The number of piperazine rings is 1. The molecule has 0 saturated carbocycles. The van der Waals surface area contributed by atoms with Crippen LogP contribution in [0.25, 0.3) is 21.7 Å². The molecule has 0 unspecified atom stereocenters. The van der Waals surface area contributed by atoms with E-state index in [4.69, 9.17) is 27.6 Å². The predicted octanol–water partition coefficient (Wildman–Crippen LogP) is 5.22. The van der Waals surface area contributed by atoms with E-state index in [9.17, 15) is 9.59 Å². The quantitative estimate of drug-likeness (QED) is 0.309. The Bertz CT molecular complexity index is 1350. The fourth-order valence-corrected chi connectivity index (χ4v) is 4.75. The molecule has 1 aliphatic heterocycles. The number of carbonyl (C=O) groups excluding carboxylic acids is 1. The molecule has 4 aromatic rings. The lowest BCUT2D eigenvalue weighted by Crippen LogP contribution is -2.49. The van der Waals surface area contributed by atoms with Crippen LogP contribution >= 0.6 is 23.2 Å². The molecule has 5 nitrogen and oxygen atoms in total. The summed E-state index contributed by atoms with van der Waals surface area (Å²) < 4.78 is 5.49. The largest absolute Gasteiger partial charge is 0.422 e. The van der Waals surface area contributed by atoms with E-state index in [0.29, 0.717) is 41.8 Å². The Morgan fingerprint density at radius 3 is 2.29 bits per heavy atom. The molecule has 156 valence electrons. The minimum atomic E-state index is -0.621. The van der Waals surface area contributed by atoms with Crippen LogP contribution in [0.5, 0.6) is 0 Å². The molecule has 1 aromatic heterocycles. The zero-order chi connectivity index (χ0) is 21.5. The molecule has 0 atom stereocenters. The maximum absolute atomic E-state index is 13.2. The third kappa shape index (κ3) is 3.54. The number of rotatable bonds is 2. The van der Waals surface area contributed by atoms with Crippen LogP contribution in [0.4, 0.5) is 5.69 Å². The fourth-order valence-electron chi connectivity index (χ4n) is 4.12. The maximum atomic E-state index is 13.2. The number of anilines is 1. The van der Waals surface area contributed by atoms with Gasteiger partial charge in [0.05, 0.1) is 15.7 Å². The number of hydrogen-bond acceptors (Lipinski definition) is 4. The molecule has 0 N–H and O–H groups in total. The SMILES string of the molecule is O=C(c1cc2c(ccc3ccccc32)oc1=O)N1CCN(c2c(Cl)cccc2Cl)CC1. The summed E-state index contributed by atoms with van der Waals surface area (Å²) in [6.45, 7) is 2.04. The second kappa shape index (κ2) is 7.91. The van der Waals surface area contributed by atoms with Crippen LogP contribution in [-0.4, -0.2) is 37.0 Å². The number of fused-ring (bicyclic) bond motifs is 3. The van der Waals surface area contributed by atoms with Gasteiger partial charge in [-0.1, -0.05) is 59.6 Å². The van der Waals surface area contributed by atoms with Gasteiger partial charge < -0.3 is 14.2 Å². The number of amides is 1. The summed E-state index contributed by atoms with van der Waals surface area (Å²) in [5.74, 6) is -0.325. The highest BCUT2D eigenvalue weighted by atomic mass is 35.5. The average molecular weight is 453 g/mol. The van der Waals surface area contributed by atoms with Gasteiger partial charge in [-0.3, -0.25) is 4.79 Å². The van der Waals surface area contributed by atoms with Gasteiger partial charge in [0.25, 0.3) is 5.91 Å². The molecule has 1 aliphatic rings. The van der Waals surface area contributed by atoms with E-state index in [1.165, 1.54) is 0 Å². The van der Waals surface area contributed by atoms with Gasteiger partial charge in [-0.2, -0.15) is 0 Å². The molecule has 0 spiro atoms. The van der Waals surface area contributed by atoms with Gasteiger partial charge in [-0.15, -0.1) is 0 Å². The third-order valence-electron chi connectivity index (χ3n) is 5.69. The first-order valence-electron chi connectivity index (χ1n) is 9.97. The summed E-state index contributed by atoms with van der Waals surface area (Å²) in [4.78, 5) is 29.5. The van der Waals surface area contributed by atoms with Gasteiger partial charge in [-0.25, -0.2) is 4.79 Å². The van der Waals surface area contributed by atoms with Crippen molar-refractivity contribution >= 4 is 56.5 Å². The lowest BCUT2D eigenvalue weighted by Gasteiger charge is -2.36. The Hall–Kier alpha value is -3.02. The molecule has 1 fully saturated rings. The standard InChI is InChI=1S/C24H18Cl2N2O3/c25-19-6-3-7-20(26)22(19)27-10-12-28(13-11-27)23(29)18-14-17-16-5-2-1-4-15(16)8-9-21(17)31-24(18)30/h1-9,14H,10-13H2. The number of nitrogens with zero attached hydrogens (tertiary/aromatic N) is 2. The molecule has 5 rings (SSSR count). The number of halogens is 2. The van der Waals surface area contributed by atoms with E-state index in [1.807, 2.05) is 30.3 Å². The van der Waals surface area contributed by atoms with Crippen molar-refractivity contribution in [3.8, 4) is 0 Å². The number of para-hydroxylation sites is 1. The van der Waals surface area contributed by atoms with Crippen molar-refractivity contribution < 1.29 is 9.21 Å². The summed E-state index contributed by atoms with van der Waals surface area (Å²) in [7, 11) is 0. The first kappa shape index (κ1) is 19.9. The van der Waals surface area contributed by atoms with Crippen LogP contribution in [0, 0.1) is 0 Å². The Morgan fingerprint density at radius 1 is 0.839 bits per heavy atom. The molecule has 31 heavy (non-hydrogen) atoms. The summed E-state index contributed by atoms with van der Waals surface area (Å²) in [5.41, 5.74) is 0.672. The van der Waals surface area contributed by atoms with E-state index in [0.717, 1.165) is 21.8 Å². The number of carbonyl (C=O) groups is 1. The lowest BCUT2D eigenvalue weighted by molar-refractivity contribution is 0.0742. The van der Waals surface area contributed by atoms with E-state index >= 15 is 0 Å². The summed E-state index contributed by atoms with van der Waals surface area (Å²) in [5, 5.41) is 3.87. The molecule has 7 heteroatoms. The van der Waals surface area contributed by atoms with E-state index in [-0.39, 0.29) is 11.5 Å². The first-order chi connectivity index (χ1) is 15.0. The fraction of sp³-hybridized carbons (Fsp3) is 0.167. The highest BCUT2D eigenvalue weighted by Crippen LogP contribution is 2.34. The first-order valence-corrected chi connectivity index (χ1v) is 10.7. The summed E-state index contributed by atoms with van der Waals surface area (Å²) >= 11 is 12.6. The van der Waals surface area contributed by atoms with Crippen molar-refractivity contribution in [1.29, 1.82) is 0 Å². The topological polar surface area (TPSA) is 53.8 Å².